The largest absolute Gasteiger partial charge is 0.388 e. The maximum Gasteiger partial charge on any atom is 0.138 e. The molecule has 28 heavy (non-hydrogen) atoms. The van der Waals surface area contributed by atoms with Crippen molar-refractivity contribution in [2.45, 2.75) is 73.0 Å². The average molecular weight is 391 g/mol. The molecule has 0 spiro atoms. The van der Waals surface area contributed by atoms with Gasteiger partial charge in [-0.2, -0.15) is 0 Å². The fourth-order valence-electron chi connectivity index (χ4n) is 2.61. The van der Waals surface area contributed by atoms with E-state index in [1.54, 1.807) is 20.1 Å². The van der Waals surface area contributed by atoms with Crippen molar-refractivity contribution < 1.29 is 19.4 Å². The van der Waals surface area contributed by atoms with E-state index < -0.39 is 6.10 Å². The van der Waals surface area contributed by atoms with Gasteiger partial charge in [-0.3, -0.25) is 9.59 Å². The molecule has 0 aromatic rings. The lowest BCUT2D eigenvalue weighted by Crippen LogP contribution is -2.21. The van der Waals surface area contributed by atoms with Gasteiger partial charge in [0.2, 0.25) is 0 Å². The number of carbonyl (C=O) groups excluding carboxylic acids is 2. The van der Waals surface area contributed by atoms with Crippen molar-refractivity contribution in [2.75, 3.05) is 7.11 Å². The number of rotatable bonds is 13. The number of Topliss-reactive ketones (excluding diaryl/α,β-unsaturated/α-hetero) is 2. The Bertz CT molecular complexity index is 610. The van der Waals surface area contributed by atoms with Crippen LogP contribution in [0.25, 0.3) is 0 Å². The summed E-state index contributed by atoms with van der Waals surface area (Å²) in [5.41, 5.74) is 1.84. The molecule has 4 atom stereocenters. The highest BCUT2D eigenvalue weighted by molar-refractivity contribution is 5.81. The average Bonchev–Trinajstić information content (AvgIpc) is 2.64. The molecule has 0 saturated carbocycles. The molecule has 0 heterocycles. The van der Waals surface area contributed by atoms with Crippen LogP contribution in [0.3, 0.4) is 0 Å². The third-order valence-electron chi connectivity index (χ3n) is 4.92. The summed E-state index contributed by atoms with van der Waals surface area (Å²) in [6.45, 7) is 11.3. The van der Waals surface area contributed by atoms with Crippen LogP contribution in [-0.2, 0) is 14.3 Å². The highest BCUT2D eigenvalue weighted by Gasteiger charge is 2.19. The van der Waals surface area contributed by atoms with Crippen LogP contribution in [0.5, 0.6) is 0 Å². The van der Waals surface area contributed by atoms with E-state index in [1.165, 1.54) is 6.92 Å². The van der Waals surface area contributed by atoms with Gasteiger partial charge in [0.05, 0.1) is 12.2 Å². The Morgan fingerprint density at radius 3 is 2.21 bits per heavy atom. The number of carbonyl (C=O) groups is 2. The van der Waals surface area contributed by atoms with E-state index in [9.17, 15) is 14.7 Å². The summed E-state index contributed by atoms with van der Waals surface area (Å²) < 4.78 is 5.25. The lowest BCUT2D eigenvalue weighted by atomic mass is 9.90. The molecule has 0 aliphatic carbocycles. The zero-order valence-electron chi connectivity index (χ0n) is 18.6. The lowest BCUT2D eigenvalue weighted by Gasteiger charge is -2.16. The van der Waals surface area contributed by atoms with Crippen molar-refractivity contribution in [3.05, 3.63) is 47.6 Å². The Balaban J connectivity index is 4.49. The van der Waals surface area contributed by atoms with Crippen LogP contribution in [0.4, 0.5) is 0 Å². The van der Waals surface area contributed by atoms with Gasteiger partial charge < -0.3 is 9.84 Å². The molecule has 4 unspecified atom stereocenters. The number of ether oxygens (including phenoxy) is 1. The Hall–Kier alpha value is -1.78. The second-order valence-corrected chi connectivity index (χ2v) is 7.71. The molecule has 0 saturated heterocycles. The number of aliphatic hydroxyl groups excluding tert-OH is 1. The van der Waals surface area contributed by atoms with Crippen LogP contribution in [-0.4, -0.2) is 36.0 Å². The van der Waals surface area contributed by atoms with Crippen LogP contribution in [0.1, 0.15) is 60.8 Å². The maximum absolute atomic E-state index is 12.4. The quantitative estimate of drug-likeness (QED) is 0.355. The smallest absolute Gasteiger partial charge is 0.138 e. The summed E-state index contributed by atoms with van der Waals surface area (Å²) >= 11 is 0. The van der Waals surface area contributed by atoms with Gasteiger partial charge in [0.1, 0.15) is 11.6 Å². The molecule has 0 aromatic heterocycles. The monoisotopic (exact) mass is 390 g/mol. The standard InChI is InChI=1S/C24H38O4/c1-17(11-9-8-10-12-18(2)22(6)28-7)15-20(4)24(27)16-23(26)19(3)13-14-21(5)25/h8-13,17,20,22-23,26H,14-16H2,1-7H3/b10-8+,11-9+,18-12+,19-13+. The number of methoxy groups -OCH3 is 1. The first kappa shape index (κ1) is 26.2. The van der Waals surface area contributed by atoms with Gasteiger partial charge in [0.15, 0.2) is 0 Å². The Kier molecular flexibility index (Phi) is 13.3. The predicted octanol–water partition coefficient (Wildman–Crippen LogP) is 4.99. The van der Waals surface area contributed by atoms with Crippen molar-refractivity contribution in [3.63, 3.8) is 0 Å². The number of aliphatic hydroxyl groups is 1. The SMILES string of the molecule is COC(C)/C(C)=C/C=C/C=C/C(C)CC(C)C(=O)CC(O)/C(C)=C/CC(C)=O. The van der Waals surface area contributed by atoms with E-state index in [0.717, 1.165) is 12.0 Å². The summed E-state index contributed by atoms with van der Waals surface area (Å²) in [5, 5.41) is 10.1. The number of allylic oxidation sites excluding steroid dienone is 6. The molecular formula is C24H38O4. The highest BCUT2D eigenvalue weighted by atomic mass is 16.5. The Morgan fingerprint density at radius 2 is 1.64 bits per heavy atom. The zero-order chi connectivity index (χ0) is 21.7. The first-order valence-corrected chi connectivity index (χ1v) is 9.99. The molecule has 1 N–H and O–H groups in total. The van der Waals surface area contributed by atoms with Crippen LogP contribution in [0.2, 0.25) is 0 Å². The third kappa shape index (κ3) is 11.8. The minimum absolute atomic E-state index is 0.0415. The summed E-state index contributed by atoms with van der Waals surface area (Å²) in [4.78, 5) is 23.4. The molecular weight excluding hydrogens is 352 g/mol. The van der Waals surface area contributed by atoms with E-state index >= 15 is 0 Å². The second-order valence-electron chi connectivity index (χ2n) is 7.71. The van der Waals surface area contributed by atoms with E-state index in [2.05, 4.69) is 13.0 Å². The lowest BCUT2D eigenvalue weighted by molar-refractivity contribution is -0.124. The van der Waals surface area contributed by atoms with Crippen LogP contribution >= 0.6 is 0 Å². The first-order chi connectivity index (χ1) is 13.1. The Morgan fingerprint density at radius 1 is 1.00 bits per heavy atom. The number of ketones is 2. The van der Waals surface area contributed by atoms with Gasteiger partial charge >= 0.3 is 0 Å². The minimum atomic E-state index is -0.812. The molecule has 0 fully saturated rings. The van der Waals surface area contributed by atoms with Gasteiger partial charge in [-0.15, -0.1) is 0 Å². The molecule has 0 bridgehead atoms. The van der Waals surface area contributed by atoms with Crippen LogP contribution in [0, 0.1) is 11.8 Å². The molecule has 0 rings (SSSR count). The van der Waals surface area contributed by atoms with Gasteiger partial charge in [-0.1, -0.05) is 50.3 Å². The molecule has 4 heteroatoms. The van der Waals surface area contributed by atoms with Crippen molar-refractivity contribution in [3.8, 4) is 0 Å². The van der Waals surface area contributed by atoms with Crippen LogP contribution < -0.4 is 0 Å². The summed E-state index contributed by atoms with van der Waals surface area (Å²) in [6, 6.07) is 0. The number of hydrogen-bond acceptors (Lipinski definition) is 4. The summed E-state index contributed by atoms with van der Waals surface area (Å²) in [5.74, 6) is 0.229. The van der Waals surface area contributed by atoms with Crippen LogP contribution in [0.15, 0.2) is 47.6 Å². The maximum atomic E-state index is 12.4. The van der Waals surface area contributed by atoms with Gasteiger partial charge in [0, 0.05) is 25.9 Å². The molecule has 0 aliphatic heterocycles. The van der Waals surface area contributed by atoms with Crippen molar-refractivity contribution in [2.24, 2.45) is 11.8 Å². The molecule has 0 radical (unpaired) electrons. The molecule has 0 aliphatic rings. The van der Waals surface area contributed by atoms with Crippen molar-refractivity contribution in [1.29, 1.82) is 0 Å². The normalized spacial score (nSPS) is 17.7. The van der Waals surface area contributed by atoms with Gasteiger partial charge in [-0.25, -0.2) is 0 Å². The molecule has 0 amide bonds. The fourth-order valence-corrected chi connectivity index (χ4v) is 2.61. The summed E-state index contributed by atoms with van der Waals surface area (Å²) in [6.07, 6.45) is 12.2. The van der Waals surface area contributed by atoms with E-state index in [4.69, 9.17) is 4.74 Å². The predicted molar refractivity (Wildman–Crippen MR) is 116 cm³/mol. The molecule has 158 valence electrons. The second kappa shape index (κ2) is 14.3. The fraction of sp³-hybridized carbons (Fsp3) is 0.583. The zero-order valence-corrected chi connectivity index (χ0v) is 18.6. The highest BCUT2D eigenvalue weighted by Crippen LogP contribution is 2.18. The first-order valence-electron chi connectivity index (χ1n) is 9.99. The van der Waals surface area contributed by atoms with E-state index in [1.807, 2.05) is 45.1 Å². The summed E-state index contributed by atoms with van der Waals surface area (Å²) in [7, 11) is 1.69. The Labute approximate surface area is 171 Å². The van der Waals surface area contributed by atoms with Gasteiger partial charge in [0.25, 0.3) is 0 Å². The van der Waals surface area contributed by atoms with E-state index in [0.29, 0.717) is 12.0 Å². The molecule has 4 nitrogen and oxygen atoms in total. The number of hydrogen-bond donors (Lipinski definition) is 1. The third-order valence-corrected chi connectivity index (χ3v) is 4.92. The van der Waals surface area contributed by atoms with Crippen molar-refractivity contribution in [1.82, 2.24) is 0 Å². The topological polar surface area (TPSA) is 63.6 Å². The van der Waals surface area contributed by atoms with Gasteiger partial charge in [-0.05, 0) is 51.2 Å². The molecule has 0 aromatic carbocycles. The van der Waals surface area contributed by atoms with E-state index in [-0.39, 0.29) is 35.9 Å². The van der Waals surface area contributed by atoms with Crippen molar-refractivity contribution >= 4 is 11.6 Å². The minimum Gasteiger partial charge on any atom is -0.388 e.